The maximum atomic E-state index is 11.8. The average molecular weight is 689 g/mol. The van der Waals surface area contributed by atoms with Crippen LogP contribution in [0, 0.1) is 6.92 Å². The standard InChI is InChI=1S/C16H17NO3.C11H15NO3.C7H8O3S.ClH/c17-15(10-12-6-8-14(18)9-7-12)16(19)20-11-13-4-2-1-3-5-13;1-11(12,10(14)15-2)7-8-3-5-9(13)6-4-8;1-6-2-4-7(5-3-6)11(8,9)10;/h1-9,15,18H,10-11,17H2;3-6,13H,7,12H2,1-2H3;2-5H,1H3,(H,8,9,10);1H/t15-;;;/m0.../s1. The Kier molecular flexibility index (Phi) is 16.6. The van der Waals surface area contributed by atoms with Gasteiger partial charge >= 0.3 is 11.9 Å². The number of halogens is 1. The molecule has 1 unspecified atom stereocenters. The summed E-state index contributed by atoms with van der Waals surface area (Å²) >= 11 is 0. The smallest absolute Gasteiger partial charge is 0.325 e. The Bertz CT molecular complexity index is 1630. The van der Waals surface area contributed by atoms with Gasteiger partial charge in [0.05, 0.1) is 12.0 Å². The van der Waals surface area contributed by atoms with Crippen molar-refractivity contribution in [2.45, 2.75) is 49.8 Å². The molecule has 4 aromatic carbocycles. The lowest BCUT2D eigenvalue weighted by Crippen LogP contribution is -2.47. The van der Waals surface area contributed by atoms with Crippen molar-refractivity contribution in [2.75, 3.05) is 7.11 Å². The molecular weight excluding hydrogens is 648 g/mol. The normalized spacial score (nSPS) is 12.3. The zero-order valence-corrected chi connectivity index (χ0v) is 27.9. The molecule has 0 amide bonds. The summed E-state index contributed by atoms with van der Waals surface area (Å²) in [6.45, 7) is 3.68. The number of hydrogen-bond donors (Lipinski definition) is 5. The van der Waals surface area contributed by atoms with Crippen molar-refractivity contribution < 1.29 is 42.2 Å². The zero-order chi connectivity index (χ0) is 34.3. The number of benzene rings is 4. The summed E-state index contributed by atoms with van der Waals surface area (Å²) in [7, 11) is -2.71. The summed E-state index contributed by atoms with van der Waals surface area (Å²) < 4.78 is 39.3. The maximum absolute atomic E-state index is 11.8. The number of nitrogens with two attached hydrogens (primary N) is 2. The van der Waals surface area contributed by atoms with Gasteiger partial charge in [0.1, 0.15) is 29.7 Å². The van der Waals surface area contributed by atoms with Gasteiger partial charge in [-0.2, -0.15) is 8.42 Å². The highest BCUT2D eigenvalue weighted by Gasteiger charge is 2.29. The number of phenolic OH excluding ortho intramolecular Hbond substituents is 2. The highest BCUT2D eigenvalue weighted by Crippen LogP contribution is 2.16. The third kappa shape index (κ3) is 15.1. The topological polar surface area (TPSA) is 199 Å². The van der Waals surface area contributed by atoms with Crippen molar-refractivity contribution in [3.63, 3.8) is 0 Å². The van der Waals surface area contributed by atoms with Crippen LogP contribution < -0.4 is 11.5 Å². The fourth-order valence-electron chi connectivity index (χ4n) is 3.86. The van der Waals surface area contributed by atoms with Crippen LogP contribution in [-0.4, -0.2) is 53.8 Å². The molecule has 0 spiro atoms. The second-order valence-electron chi connectivity index (χ2n) is 10.6. The Hall–Kier alpha value is -4.46. The Labute approximate surface area is 281 Å². The molecule has 7 N–H and O–H groups in total. The Morgan fingerprint density at radius 3 is 1.77 bits per heavy atom. The molecule has 0 aliphatic heterocycles. The summed E-state index contributed by atoms with van der Waals surface area (Å²) in [5, 5.41) is 18.3. The molecule has 0 fully saturated rings. The summed E-state index contributed by atoms with van der Waals surface area (Å²) in [4.78, 5) is 23.0. The van der Waals surface area contributed by atoms with E-state index in [2.05, 4.69) is 4.74 Å². The van der Waals surface area contributed by atoms with Gasteiger partial charge < -0.3 is 31.2 Å². The van der Waals surface area contributed by atoms with Crippen molar-refractivity contribution in [2.24, 2.45) is 11.5 Å². The molecule has 47 heavy (non-hydrogen) atoms. The van der Waals surface area contributed by atoms with Crippen molar-refractivity contribution in [1.29, 1.82) is 0 Å². The molecular formula is C34H41ClN2O9S. The van der Waals surface area contributed by atoms with Crippen LogP contribution in [0.25, 0.3) is 0 Å². The van der Waals surface area contributed by atoms with Gasteiger partial charge in [0, 0.05) is 6.42 Å². The van der Waals surface area contributed by atoms with Gasteiger partial charge in [-0.05, 0) is 73.4 Å². The summed E-state index contributed by atoms with van der Waals surface area (Å²) in [5.74, 6) is -0.498. The predicted octanol–water partition coefficient (Wildman–Crippen LogP) is 4.49. The minimum absolute atomic E-state index is 0. The first-order chi connectivity index (χ1) is 21.6. The number of aryl methyl sites for hydroxylation is 1. The highest BCUT2D eigenvalue weighted by molar-refractivity contribution is 7.85. The van der Waals surface area contributed by atoms with Gasteiger partial charge in [-0.1, -0.05) is 72.3 Å². The molecule has 0 aliphatic carbocycles. The number of carbonyl (C=O) groups excluding carboxylic acids is 2. The lowest BCUT2D eigenvalue weighted by molar-refractivity contribution is -0.147. The minimum atomic E-state index is -4.02. The molecule has 0 aromatic heterocycles. The van der Waals surface area contributed by atoms with E-state index in [-0.39, 0.29) is 35.4 Å². The van der Waals surface area contributed by atoms with E-state index in [1.165, 1.54) is 19.2 Å². The Morgan fingerprint density at radius 1 is 0.809 bits per heavy atom. The molecule has 0 radical (unpaired) electrons. The Morgan fingerprint density at radius 2 is 1.30 bits per heavy atom. The van der Waals surface area contributed by atoms with E-state index in [9.17, 15) is 23.1 Å². The number of carbonyl (C=O) groups is 2. The fraction of sp³-hybridized carbons (Fsp3) is 0.235. The van der Waals surface area contributed by atoms with Crippen LogP contribution in [0.4, 0.5) is 0 Å². The number of aromatic hydroxyl groups is 2. The van der Waals surface area contributed by atoms with Crippen molar-refractivity contribution in [3.8, 4) is 11.5 Å². The zero-order valence-electron chi connectivity index (χ0n) is 26.3. The van der Waals surface area contributed by atoms with Crippen molar-refractivity contribution >= 4 is 34.5 Å². The number of methoxy groups -OCH3 is 1. The van der Waals surface area contributed by atoms with Crippen LogP contribution in [0.15, 0.2) is 108 Å². The predicted molar refractivity (Wildman–Crippen MR) is 181 cm³/mol. The van der Waals surface area contributed by atoms with Gasteiger partial charge in [-0.25, -0.2) is 0 Å². The van der Waals surface area contributed by atoms with E-state index in [0.717, 1.165) is 22.3 Å². The maximum Gasteiger partial charge on any atom is 0.325 e. The van der Waals surface area contributed by atoms with Crippen molar-refractivity contribution in [1.82, 2.24) is 0 Å². The molecule has 13 heteroatoms. The summed E-state index contributed by atoms with van der Waals surface area (Å²) in [6.07, 6.45) is 0.758. The third-order valence-electron chi connectivity index (χ3n) is 6.40. The average Bonchev–Trinajstić information content (AvgIpc) is 3.02. The molecule has 11 nitrogen and oxygen atoms in total. The molecule has 0 saturated carbocycles. The van der Waals surface area contributed by atoms with Crippen LogP contribution in [0.5, 0.6) is 11.5 Å². The van der Waals surface area contributed by atoms with E-state index in [1.807, 2.05) is 37.3 Å². The van der Waals surface area contributed by atoms with Gasteiger partial charge in [0.15, 0.2) is 0 Å². The second-order valence-corrected chi connectivity index (χ2v) is 12.0. The second kappa shape index (κ2) is 19.3. The Balaban J connectivity index is 0.000000365. The molecule has 0 saturated heterocycles. The van der Waals surface area contributed by atoms with Gasteiger partial charge in [-0.15, -0.1) is 12.4 Å². The van der Waals surface area contributed by atoms with E-state index >= 15 is 0 Å². The molecule has 2 atom stereocenters. The lowest BCUT2D eigenvalue weighted by atomic mass is 9.94. The summed E-state index contributed by atoms with van der Waals surface area (Å²) in [5.41, 5.74) is 14.2. The van der Waals surface area contributed by atoms with Crippen LogP contribution in [0.3, 0.4) is 0 Å². The van der Waals surface area contributed by atoms with E-state index < -0.39 is 33.6 Å². The van der Waals surface area contributed by atoms with Gasteiger partial charge in [0.2, 0.25) is 0 Å². The third-order valence-corrected chi connectivity index (χ3v) is 7.26. The molecule has 0 aliphatic rings. The van der Waals surface area contributed by atoms with E-state index in [0.29, 0.717) is 12.8 Å². The first-order valence-electron chi connectivity index (χ1n) is 14.0. The van der Waals surface area contributed by atoms with Gasteiger partial charge in [-0.3, -0.25) is 14.1 Å². The number of ether oxygens (including phenoxy) is 2. The lowest BCUT2D eigenvalue weighted by Gasteiger charge is -2.21. The molecule has 0 bridgehead atoms. The number of hydrogen-bond acceptors (Lipinski definition) is 10. The van der Waals surface area contributed by atoms with Crippen LogP contribution in [0.1, 0.15) is 29.2 Å². The molecule has 4 rings (SSSR count). The monoisotopic (exact) mass is 688 g/mol. The number of phenols is 2. The van der Waals surface area contributed by atoms with Gasteiger partial charge in [0.25, 0.3) is 10.1 Å². The first-order valence-corrected chi connectivity index (χ1v) is 15.5. The molecule has 0 heterocycles. The largest absolute Gasteiger partial charge is 0.508 e. The van der Waals surface area contributed by atoms with E-state index in [1.54, 1.807) is 67.6 Å². The first kappa shape index (κ1) is 40.6. The highest BCUT2D eigenvalue weighted by atomic mass is 35.5. The number of esters is 2. The summed E-state index contributed by atoms with van der Waals surface area (Å²) in [6, 6.07) is 27.9. The fourth-order valence-corrected chi connectivity index (χ4v) is 4.34. The molecule has 254 valence electrons. The van der Waals surface area contributed by atoms with Crippen molar-refractivity contribution in [3.05, 3.63) is 125 Å². The van der Waals surface area contributed by atoms with Crippen LogP contribution >= 0.6 is 12.4 Å². The quantitative estimate of drug-likeness (QED) is 0.123. The van der Waals surface area contributed by atoms with Crippen LogP contribution in [-0.2, 0) is 48.6 Å². The minimum Gasteiger partial charge on any atom is -0.508 e. The van der Waals surface area contributed by atoms with E-state index in [4.69, 9.17) is 25.9 Å². The SMILES string of the molecule is COC(=O)C(C)(N)Cc1ccc(O)cc1.Cc1ccc(S(=O)(=O)O)cc1.Cl.N[C@@H](Cc1ccc(O)cc1)C(=O)OCc1ccccc1. The van der Waals surface area contributed by atoms with Crippen LogP contribution in [0.2, 0.25) is 0 Å². The number of rotatable bonds is 9. The molecule has 4 aromatic rings.